The molecule has 0 fully saturated rings. The quantitative estimate of drug-likeness (QED) is 0.541. The fraction of sp³-hybridized carbons (Fsp3) is 0.526. The van der Waals surface area contributed by atoms with E-state index >= 15 is 0 Å². The van der Waals surface area contributed by atoms with Crippen molar-refractivity contribution in [2.24, 2.45) is 0 Å². The van der Waals surface area contributed by atoms with E-state index in [1.807, 2.05) is 20.8 Å². The van der Waals surface area contributed by atoms with Crippen LogP contribution >= 0.6 is 11.8 Å². The third-order valence-corrected chi connectivity index (χ3v) is 5.44. The van der Waals surface area contributed by atoms with Crippen LogP contribution in [0.4, 0.5) is 0 Å². The first kappa shape index (κ1) is 19.5. The molecule has 5 nitrogen and oxygen atoms in total. The molecule has 1 aliphatic heterocycles. The Labute approximate surface area is 153 Å². The summed E-state index contributed by atoms with van der Waals surface area (Å²) < 4.78 is 0. The van der Waals surface area contributed by atoms with Crippen molar-refractivity contribution in [2.75, 3.05) is 18.1 Å². The SMILES string of the molecule is CCC(C)(C)NC(=O)CSCCCCN1C(=O)c2ccccc2C1=O. The second kappa shape index (κ2) is 8.52. The van der Waals surface area contributed by atoms with E-state index in [4.69, 9.17) is 0 Å². The van der Waals surface area contributed by atoms with Crippen LogP contribution in [-0.2, 0) is 4.79 Å². The number of fused-ring (bicyclic) bond motifs is 1. The molecule has 0 radical (unpaired) electrons. The molecule has 0 bridgehead atoms. The molecule has 0 aromatic heterocycles. The molecular weight excluding hydrogens is 336 g/mol. The minimum absolute atomic E-state index is 0.0530. The Morgan fingerprint density at radius 1 is 1.12 bits per heavy atom. The van der Waals surface area contributed by atoms with Gasteiger partial charge in [-0.3, -0.25) is 19.3 Å². The highest BCUT2D eigenvalue weighted by molar-refractivity contribution is 7.99. The van der Waals surface area contributed by atoms with Crippen LogP contribution in [0.1, 0.15) is 60.7 Å². The number of unbranched alkanes of at least 4 members (excludes halogenated alkanes) is 1. The van der Waals surface area contributed by atoms with Gasteiger partial charge in [-0.05, 0) is 51.0 Å². The summed E-state index contributed by atoms with van der Waals surface area (Å²) >= 11 is 1.58. The number of benzene rings is 1. The summed E-state index contributed by atoms with van der Waals surface area (Å²) in [5.41, 5.74) is 0.831. The summed E-state index contributed by atoms with van der Waals surface area (Å²) in [5, 5.41) is 3.01. The van der Waals surface area contributed by atoms with Crippen molar-refractivity contribution in [1.29, 1.82) is 0 Å². The fourth-order valence-electron chi connectivity index (χ4n) is 2.58. The van der Waals surface area contributed by atoms with Crippen LogP contribution in [0.15, 0.2) is 24.3 Å². The summed E-state index contributed by atoms with van der Waals surface area (Å²) in [6.07, 6.45) is 2.51. The van der Waals surface area contributed by atoms with E-state index in [0.717, 1.165) is 25.0 Å². The Morgan fingerprint density at radius 2 is 1.72 bits per heavy atom. The summed E-state index contributed by atoms with van der Waals surface area (Å²) in [4.78, 5) is 37.6. The maximum Gasteiger partial charge on any atom is 0.261 e. The lowest BCUT2D eigenvalue weighted by molar-refractivity contribution is -0.120. The molecule has 2 rings (SSSR count). The molecule has 0 aliphatic carbocycles. The number of imide groups is 1. The molecule has 0 saturated carbocycles. The van der Waals surface area contributed by atoms with Crippen molar-refractivity contribution in [3.63, 3.8) is 0 Å². The Balaban J connectivity index is 1.65. The van der Waals surface area contributed by atoms with E-state index in [1.165, 1.54) is 4.90 Å². The molecule has 1 N–H and O–H groups in total. The number of carbonyl (C=O) groups is 3. The van der Waals surface area contributed by atoms with E-state index in [-0.39, 0.29) is 23.3 Å². The molecule has 3 amide bonds. The second-order valence-electron chi connectivity index (χ2n) is 6.85. The van der Waals surface area contributed by atoms with Crippen LogP contribution in [0.25, 0.3) is 0 Å². The highest BCUT2D eigenvalue weighted by atomic mass is 32.2. The number of rotatable bonds is 9. The van der Waals surface area contributed by atoms with Crippen molar-refractivity contribution in [3.05, 3.63) is 35.4 Å². The Morgan fingerprint density at radius 3 is 2.28 bits per heavy atom. The number of hydrogen-bond donors (Lipinski definition) is 1. The molecule has 25 heavy (non-hydrogen) atoms. The maximum absolute atomic E-state index is 12.2. The van der Waals surface area contributed by atoms with Crippen molar-refractivity contribution < 1.29 is 14.4 Å². The summed E-state index contributed by atoms with van der Waals surface area (Å²) in [5.74, 6) is 0.931. The van der Waals surface area contributed by atoms with Gasteiger partial charge in [-0.15, -0.1) is 0 Å². The molecule has 0 saturated heterocycles. The minimum atomic E-state index is -0.200. The third kappa shape index (κ3) is 5.08. The molecule has 0 spiro atoms. The van der Waals surface area contributed by atoms with Crippen molar-refractivity contribution >= 4 is 29.5 Å². The van der Waals surface area contributed by atoms with Gasteiger partial charge in [0.2, 0.25) is 5.91 Å². The first-order chi connectivity index (χ1) is 11.9. The topological polar surface area (TPSA) is 66.5 Å². The van der Waals surface area contributed by atoms with Gasteiger partial charge in [-0.25, -0.2) is 0 Å². The van der Waals surface area contributed by atoms with Crippen LogP contribution in [0.3, 0.4) is 0 Å². The highest BCUT2D eigenvalue weighted by Crippen LogP contribution is 2.22. The molecule has 1 aromatic rings. The van der Waals surface area contributed by atoms with Gasteiger partial charge in [-0.1, -0.05) is 19.1 Å². The minimum Gasteiger partial charge on any atom is -0.351 e. The van der Waals surface area contributed by atoms with E-state index in [2.05, 4.69) is 5.32 Å². The van der Waals surface area contributed by atoms with Gasteiger partial charge in [0.1, 0.15) is 0 Å². The number of nitrogens with zero attached hydrogens (tertiary/aromatic N) is 1. The molecule has 1 aromatic carbocycles. The van der Waals surface area contributed by atoms with Crippen molar-refractivity contribution in [1.82, 2.24) is 10.2 Å². The summed E-state index contributed by atoms with van der Waals surface area (Å²) in [6, 6.07) is 6.94. The van der Waals surface area contributed by atoms with Crippen LogP contribution in [0.5, 0.6) is 0 Å². The number of nitrogens with one attached hydrogen (secondary N) is 1. The Hall–Kier alpha value is -1.82. The first-order valence-electron chi connectivity index (χ1n) is 8.69. The number of hydrogen-bond acceptors (Lipinski definition) is 4. The molecule has 1 aliphatic rings. The predicted octanol–water partition coefficient (Wildman–Crippen LogP) is 3.10. The van der Waals surface area contributed by atoms with Gasteiger partial charge in [0.25, 0.3) is 11.8 Å². The lowest BCUT2D eigenvalue weighted by atomic mass is 10.0. The molecule has 136 valence electrons. The van der Waals surface area contributed by atoms with E-state index in [0.29, 0.717) is 23.4 Å². The molecular formula is C19H26N2O3S. The predicted molar refractivity (Wildman–Crippen MR) is 101 cm³/mol. The Kier molecular flexibility index (Phi) is 6.64. The smallest absolute Gasteiger partial charge is 0.261 e. The number of amides is 3. The van der Waals surface area contributed by atoms with E-state index in [9.17, 15) is 14.4 Å². The standard InChI is InChI=1S/C19H26N2O3S/c1-4-19(2,3)20-16(22)13-25-12-8-7-11-21-17(23)14-9-5-6-10-15(14)18(21)24/h5-6,9-10H,4,7-8,11-13H2,1-3H3,(H,20,22). The molecule has 0 unspecified atom stereocenters. The average molecular weight is 362 g/mol. The van der Waals surface area contributed by atoms with Gasteiger partial charge >= 0.3 is 0 Å². The van der Waals surface area contributed by atoms with E-state index in [1.54, 1.807) is 36.0 Å². The zero-order valence-electron chi connectivity index (χ0n) is 15.1. The van der Waals surface area contributed by atoms with Crippen LogP contribution in [0, 0.1) is 0 Å². The number of thioether (sulfide) groups is 1. The molecule has 6 heteroatoms. The highest BCUT2D eigenvalue weighted by Gasteiger charge is 2.34. The zero-order valence-corrected chi connectivity index (χ0v) is 15.9. The maximum atomic E-state index is 12.2. The Bertz CT molecular complexity index is 623. The van der Waals surface area contributed by atoms with Gasteiger partial charge < -0.3 is 5.32 Å². The summed E-state index contributed by atoms with van der Waals surface area (Å²) in [6.45, 7) is 6.50. The van der Waals surface area contributed by atoms with E-state index < -0.39 is 0 Å². The largest absolute Gasteiger partial charge is 0.351 e. The number of carbonyl (C=O) groups excluding carboxylic acids is 3. The first-order valence-corrected chi connectivity index (χ1v) is 9.85. The lowest BCUT2D eigenvalue weighted by Gasteiger charge is -2.24. The van der Waals surface area contributed by atoms with Crippen molar-refractivity contribution in [2.45, 2.75) is 45.6 Å². The molecule has 1 heterocycles. The van der Waals surface area contributed by atoms with Gasteiger partial charge in [0.05, 0.1) is 16.9 Å². The van der Waals surface area contributed by atoms with Crippen LogP contribution in [-0.4, -0.2) is 46.2 Å². The monoisotopic (exact) mass is 362 g/mol. The second-order valence-corrected chi connectivity index (χ2v) is 7.96. The lowest BCUT2D eigenvalue weighted by Crippen LogP contribution is -2.43. The van der Waals surface area contributed by atoms with Gasteiger partial charge in [0.15, 0.2) is 0 Å². The summed E-state index contributed by atoms with van der Waals surface area (Å²) in [7, 11) is 0. The third-order valence-electron chi connectivity index (χ3n) is 4.39. The average Bonchev–Trinajstić information content (AvgIpc) is 2.82. The van der Waals surface area contributed by atoms with Gasteiger partial charge in [0, 0.05) is 12.1 Å². The van der Waals surface area contributed by atoms with Crippen LogP contribution in [0.2, 0.25) is 0 Å². The van der Waals surface area contributed by atoms with Gasteiger partial charge in [-0.2, -0.15) is 11.8 Å². The fourth-order valence-corrected chi connectivity index (χ4v) is 3.39. The molecule has 0 atom stereocenters. The zero-order chi connectivity index (χ0) is 18.4. The normalized spacial score (nSPS) is 14.0. The van der Waals surface area contributed by atoms with Crippen LogP contribution < -0.4 is 5.32 Å². The van der Waals surface area contributed by atoms with Crippen molar-refractivity contribution in [3.8, 4) is 0 Å².